The molecule has 8 N–H and O–H groups in total. The zero-order valence-electron chi connectivity index (χ0n) is 9.67. The number of nitrogens with two attached hydrogens (primary N) is 4. The Kier molecular flexibility index (Phi) is 4.70. The molecular weight excluding hydrogens is 222 g/mol. The SMILES string of the molecule is NC(=O)CN1CCC(N=C(N)N=C(N)N)CC1. The van der Waals surface area contributed by atoms with Gasteiger partial charge in [-0.3, -0.25) is 9.69 Å². The van der Waals surface area contributed by atoms with Crippen LogP contribution >= 0.6 is 0 Å². The molecule has 0 radical (unpaired) electrons. The molecule has 0 aliphatic carbocycles. The van der Waals surface area contributed by atoms with Crippen LogP contribution in [0, 0.1) is 0 Å². The first-order chi connectivity index (χ1) is 7.97. The summed E-state index contributed by atoms with van der Waals surface area (Å²) in [6, 6.07) is 0.0993. The number of amides is 1. The quantitative estimate of drug-likeness (QED) is 0.319. The number of rotatable bonds is 3. The van der Waals surface area contributed by atoms with Crippen LogP contribution in [0.15, 0.2) is 9.98 Å². The monoisotopic (exact) mass is 241 g/mol. The van der Waals surface area contributed by atoms with Crippen LogP contribution in [-0.4, -0.2) is 48.4 Å². The second-order valence-electron chi connectivity index (χ2n) is 4.00. The predicted molar refractivity (Wildman–Crippen MR) is 66.1 cm³/mol. The van der Waals surface area contributed by atoms with Gasteiger partial charge in [0.25, 0.3) is 0 Å². The van der Waals surface area contributed by atoms with Gasteiger partial charge in [0.15, 0.2) is 5.96 Å². The van der Waals surface area contributed by atoms with Gasteiger partial charge >= 0.3 is 0 Å². The second-order valence-corrected chi connectivity index (χ2v) is 4.00. The topological polar surface area (TPSA) is 149 Å². The fourth-order valence-corrected chi connectivity index (χ4v) is 1.78. The van der Waals surface area contributed by atoms with Crippen molar-refractivity contribution in [2.45, 2.75) is 18.9 Å². The summed E-state index contributed by atoms with van der Waals surface area (Å²) in [5.41, 5.74) is 21.0. The van der Waals surface area contributed by atoms with Gasteiger partial charge in [-0.05, 0) is 12.8 Å². The molecule has 1 aliphatic rings. The third-order valence-electron chi connectivity index (χ3n) is 2.50. The van der Waals surface area contributed by atoms with Crippen molar-refractivity contribution in [3.8, 4) is 0 Å². The number of nitrogens with zero attached hydrogens (tertiary/aromatic N) is 3. The van der Waals surface area contributed by atoms with Gasteiger partial charge in [0.05, 0.1) is 12.6 Å². The Labute approximate surface area is 99.7 Å². The van der Waals surface area contributed by atoms with Crippen LogP contribution < -0.4 is 22.9 Å². The van der Waals surface area contributed by atoms with Crippen molar-refractivity contribution >= 4 is 17.8 Å². The lowest BCUT2D eigenvalue weighted by molar-refractivity contribution is -0.119. The molecule has 96 valence electrons. The molecule has 8 nitrogen and oxygen atoms in total. The highest BCUT2D eigenvalue weighted by Gasteiger charge is 2.19. The number of primary amides is 1. The van der Waals surface area contributed by atoms with Gasteiger partial charge in [0, 0.05) is 13.1 Å². The van der Waals surface area contributed by atoms with Crippen molar-refractivity contribution in [1.29, 1.82) is 0 Å². The molecular formula is C9H19N7O. The van der Waals surface area contributed by atoms with Gasteiger partial charge < -0.3 is 22.9 Å². The van der Waals surface area contributed by atoms with Gasteiger partial charge in [-0.15, -0.1) is 0 Å². The van der Waals surface area contributed by atoms with Crippen molar-refractivity contribution in [1.82, 2.24) is 4.90 Å². The Bertz CT molecular complexity index is 326. The zero-order chi connectivity index (χ0) is 12.8. The summed E-state index contributed by atoms with van der Waals surface area (Å²) in [4.78, 5) is 20.6. The van der Waals surface area contributed by atoms with E-state index in [1.54, 1.807) is 0 Å². The molecule has 0 saturated carbocycles. The summed E-state index contributed by atoms with van der Waals surface area (Å²) >= 11 is 0. The van der Waals surface area contributed by atoms with Gasteiger partial charge in [-0.2, -0.15) is 4.99 Å². The molecule has 0 spiro atoms. The van der Waals surface area contributed by atoms with Crippen LogP contribution in [0.25, 0.3) is 0 Å². The zero-order valence-corrected chi connectivity index (χ0v) is 9.67. The molecule has 17 heavy (non-hydrogen) atoms. The lowest BCUT2D eigenvalue weighted by Crippen LogP contribution is -2.41. The van der Waals surface area contributed by atoms with E-state index in [0.29, 0.717) is 6.54 Å². The minimum absolute atomic E-state index is 0.0957. The third-order valence-corrected chi connectivity index (χ3v) is 2.50. The first-order valence-electron chi connectivity index (χ1n) is 5.41. The lowest BCUT2D eigenvalue weighted by atomic mass is 10.1. The smallest absolute Gasteiger partial charge is 0.231 e. The van der Waals surface area contributed by atoms with Crippen molar-refractivity contribution < 1.29 is 4.79 Å². The van der Waals surface area contributed by atoms with Crippen LogP contribution in [0.1, 0.15) is 12.8 Å². The van der Waals surface area contributed by atoms with Gasteiger partial charge in [-0.25, -0.2) is 4.99 Å². The van der Waals surface area contributed by atoms with E-state index in [2.05, 4.69) is 9.98 Å². The molecule has 0 unspecified atom stereocenters. The van der Waals surface area contributed by atoms with Crippen molar-refractivity contribution in [2.24, 2.45) is 32.9 Å². The molecule has 1 heterocycles. The second kappa shape index (κ2) is 6.04. The number of guanidine groups is 2. The predicted octanol–water partition coefficient (Wildman–Crippen LogP) is -2.48. The molecule has 0 aromatic rings. The summed E-state index contributed by atoms with van der Waals surface area (Å²) < 4.78 is 0. The van der Waals surface area contributed by atoms with Gasteiger partial charge in [0.1, 0.15) is 0 Å². The average molecular weight is 241 g/mol. The van der Waals surface area contributed by atoms with E-state index in [1.807, 2.05) is 4.90 Å². The molecule has 1 aliphatic heterocycles. The molecule has 1 amide bonds. The Morgan fingerprint density at radius 3 is 2.24 bits per heavy atom. The Balaban J connectivity index is 2.42. The number of carbonyl (C=O) groups is 1. The van der Waals surface area contributed by atoms with E-state index in [1.165, 1.54) is 0 Å². The molecule has 8 heteroatoms. The number of hydrogen-bond donors (Lipinski definition) is 4. The average Bonchev–Trinajstić information content (AvgIpc) is 2.18. The number of carbonyl (C=O) groups excluding carboxylic acids is 1. The summed E-state index contributed by atoms with van der Waals surface area (Å²) in [7, 11) is 0. The van der Waals surface area contributed by atoms with Gasteiger partial charge in [0.2, 0.25) is 11.9 Å². The largest absolute Gasteiger partial charge is 0.370 e. The number of aliphatic imine (C=N–C) groups is 2. The van der Waals surface area contributed by atoms with Crippen molar-refractivity contribution in [2.75, 3.05) is 19.6 Å². The van der Waals surface area contributed by atoms with Crippen LogP contribution in [0.5, 0.6) is 0 Å². The van der Waals surface area contributed by atoms with Crippen LogP contribution in [-0.2, 0) is 4.79 Å². The van der Waals surface area contributed by atoms with Crippen LogP contribution in [0.4, 0.5) is 0 Å². The maximum absolute atomic E-state index is 10.7. The first-order valence-corrected chi connectivity index (χ1v) is 5.41. The minimum atomic E-state index is -0.313. The van der Waals surface area contributed by atoms with E-state index in [-0.39, 0.29) is 23.9 Å². The molecule has 0 bridgehead atoms. The van der Waals surface area contributed by atoms with E-state index in [9.17, 15) is 4.79 Å². The third kappa shape index (κ3) is 5.16. The first kappa shape index (κ1) is 13.2. The summed E-state index contributed by atoms with van der Waals surface area (Å²) in [6.45, 7) is 1.83. The fraction of sp³-hybridized carbons (Fsp3) is 0.667. The highest BCUT2D eigenvalue weighted by molar-refractivity contribution is 5.92. The maximum Gasteiger partial charge on any atom is 0.231 e. The molecule has 0 atom stereocenters. The highest BCUT2D eigenvalue weighted by Crippen LogP contribution is 2.13. The van der Waals surface area contributed by atoms with E-state index >= 15 is 0 Å². The van der Waals surface area contributed by atoms with E-state index in [4.69, 9.17) is 22.9 Å². The fourth-order valence-electron chi connectivity index (χ4n) is 1.78. The van der Waals surface area contributed by atoms with Gasteiger partial charge in [-0.1, -0.05) is 0 Å². The van der Waals surface area contributed by atoms with E-state index < -0.39 is 0 Å². The Hall–Kier alpha value is -1.83. The highest BCUT2D eigenvalue weighted by atomic mass is 16.1. The van der Waals surface area contributed by atoms with Crippen LogP contribution in [0.3, 0.4) is 0 Å². The number of piperidine rings is 1. The molecule has 0 aromatic heterocycles. The van der Waals surface area contributed by atoms with Crippen molar-refractivity contribution in [3.05, 3.63) is 0 Å². The minimum Gasteiger partial charge on any atom is -0.370 e. The normalized spacial score (nSPS) is 18.9. The number of likely N-dealkylation sites (tertiary alicyclic amines) is 1. The molecule has 1 saturated heterocycles. The Morgan fingerprint density at radius 1 is 1.18 bits per heavy atom. The van der Waals surface area contributed by atoms with Crippen molar-refractivity contribution in [3.63, 3.8) is 0 Å². The molecule has 1 rings (SSSR count). The lowest BCUT2D eigenvalue weighted by Gasteiger charge is -2.28. The molecule has 0 aromatic carbocycles. The summed E-state index contributed by atoms with van der Waals surface area (Å²) in [5, 5.41) is 0. The maximum atomic E-state index is 10.7. The van der Waals surface area contributed by atoms with Crippen LogP contribution in [0.2, 0.25) is 0 Å². The standard InChI is InChI=1S/C9H19N7O/c10-7(17)5-16-3-1-6(2-4-16)14-9(13)15-8(11)12/h6H,1-5H2,(H2,10,17)(H6,11,12,13,14,15). The van der Waals surface area contributed by atoms with E-state index in [0.717, 1.165) is 25.9 Å². The summed E-state index contributed by atoms with van der Waals surface area (Å²) in [6.07, 6.45) is 1.63. The molecule has 1 fully saturated rings. The Morgan fingerprint density at radius 2 is 1.76 bits per heavy atom. The summed E-state index contributed by atoms with van der Waals surface area (Å²) in [5.74, 6) is -0.317. The number of hydrogen-bond acceptors (Lipinski definition) is 3.